The summed E-state index contributed by atoms with van der Waals surface area (Å²) in [6.45, 7) is 1.75. The van der Waals surface area contributed by atoms with Crippen LogP contribution in [0.15, 0.2) is 30.3 Å². The lowest BCUT2D eigenvalue weighted by Crippen LogP contribution is -2.33. The lowest BCUT2D eigenvalue weighted by molar-refractivity contribution is -0.131. The Kier molecular flexibility index (Phi) is 3.47. The van der Waals surface area contributed by atoms with Gasteiger partial charge in [-0.1, -0.05) is 12.1 Å². The summed E-state index contributed by atoms with van der Waals surface area (Å²) in [5, 5.41) is 2.39. The highest BCUT2D eigenvalue weighted by Crippen LogP contribution is 2.38. The third-order valence-electron chi connectivity index (χ3n) is 2.78. The van der Waals surface area contributed by atoms with Crippen molar-refractivity contribution in [1.82, 2.24) is 4.98 Å². The number of nitrogens with two attached hydrogens (primary N) is 1. The van der Waals surface area contributed by atoms with E-state index in [-0.39, 0.29) is 0 Å². The van der Waals surface area contributed by atoms with Crippen LogP contribution in [0, 0.1) is 6.92 Å². The average Bonchev–Trinajstić information content (AvgIpc) is 2.25. The number of pyridine rings is 1. The second-order valence-corrected chi connectivity index (χ2v) is 6.06. The molecule has 1 unspecified atom stereocenters. The molecule has 2 N–H and O–H groups in total. The van der Waals surface area contributed by atoms with E-state index < -0.39 is 27.0 Å². The molecule has 20 heavy (non-hydrogen) atoms. The zero-order valence-electron chi connectivity index (χ0n) is 10.3. The lowest BCUT2D eigenvalue weighted by atomic mass is 10.1. The van der Waals surface area contributed by atoms with E-state index in [1.165, 1.54) is 6.07 Å². The molecule has 0 aliphatic heterocycles. The van der Waals surface area contributed by atoms with E-state index in [1.807, 2.05) is 0 Å². The van der Waals surface area contributed by atoms with Crippen molar-refractivity contribution in [2.24, 2.45) is 5.14 Å². The number of hydrogen-bond acceptors (Lipinski definition) is 3. The Morgan fingerprint density at radius 2 is 1.85 bits per heavy atom. The van der Waals surface area contributed by atoms with Crippen molar-refractivity contribution in [2.75, 3.05) is 0 Å². The molecule has 4 nitrogen and oxygen atoms in total. The number of aromatic nitrogens is 1. The van der Waals surface area contributed by atoms with Gasteiger partial charge in [0.1, 0.15) is 0 Å². The van der Waals surface area contributed by atoms with Gasteiger partial charge in [-0.15, -0.1) is 0 Å². The first-order valence-corrected chi connectivity index (χ1v) is 7.15. The maximum absolute atomic E-state index is 12.9. The number of alkyl halides is 3. The molecule has 0 radical (unpaired) electrons. The van der Waals surface area contributed by atoms with Gasteiger partial charge in [0.15, 0.2) is 5.25 Å². The molecule has 0 amide bonds. The Morgan fingerprint density at radius 1 is 1.20 bits per heavy atom. The van der Waals surface area contributed by atoms with Gasteiger partial charge >= 0.3 is 6.18 Å². The summed E-state index contributed by atoms with van der Waals surface area (Å²) in [6, 6.07) is 6.78. The SMILES string of the molecule is Cc1ccc2cc(C(C(F)(F)F)S(N)(=O)=O)ccc2n1. The standard InChI is InChI=1S/C12H11F3N2O2S/c1-7-2-3-8-6-9(4-5-10(8)17-7)11(12(13,14)15)20(16,18)19/h2-6,11H,1H3,(H2,16,18,19). The average molecular weight is 304 g/mol. The van der Waals surface area contributed by atoms with Crippen molar-refractivity contribution < 1.29 is 21.6 Å². The zero-order chi connectivity index (χ0) is 15.1. The van der Waals surface area contributed by atoms with Gasteiger partial charge in [-0.05, 0) is 30.7 Å². The van der Waals surface area contributed by atoms with E-state index in [2.05, 4.69) is 4.98 Å². The molecular weight excluding hydrogens is 293 g/mol. The minimum Gasteiger partial charge on any atom is -0.253 e. The van der Waals surface area contributed by atoms with Gasteiger partial charge in [0.05, 0.1) is 5.52 Å². The number of hydrogen-bond donors (Lipinski definition) is 1. The van der Waals surface area contributed by atoms with Gasteiger partial charge in [-0.3, -0.25) is 4.98 Å². The molecule has 1 atom stereocenters. The molecule has 0 bridgehead atoms. The van der Waals surface area contributed by atoms with E-state index >= 15 is 0 Å². The number of halogens is 3. The van der Waals surface area contributed by atoms with E-state index in [1.54, 1.807) is 19.1 Å². The van der Waals surface area contributed by atoms with Crippen molar-refractivity contribution >= 4 is 20.9 Å². The van der Waals surface area contributed by atoms with E-state index in [9.17, 15) is 21.6 Å². The number of nitrogens with zero attached hydrogens (tertiary/aromatic N) is 1. The number of aryl methyl sites for hydroxylation is 1. The molecule has 2 aromatic rings. The van der Waals surface area contributed by atoms with E-state index in [0.29, 0.717) is 16.6 Å². The molecule has 0 spiro atoms. The van der Waals surface area contributed by atoms with E-state index in [0.717, 1.165) is 12.1 Å². The molecule has 1 aromatic heterocycles. The third kappa shape index (κ3) is 2.91. The van der Waals surface area contributed by atoms with Gasteiger partial charge in [-0.25, -0.2) is 13.6 Å². The third-order valence-corrected chi connectivity index (χ3v) is 3.98. The Labute approximate surface area is 113 Å². The predicted molar refractivity (Wildman–Crippen MR) is 68.4 cm³/mol. The number of fused-ring (bicyclic) bond motifs is 1. The molecule has 0 aliphatic carbocycles. The fourth-order valence-corrected chi connectivity index (χ4v) is 2.87. The second-order valence-electron chi connectivity index (χ2n) is 4.42. The van der Waals surface area contributed by atoms with Crippen LogP contribution >= 0.6 is 0 Å². The zero-order valence-corrected chi connectivity index (χ0v) is 11.2. The van der Waals surface area contributed by atoms with Crippen LogP contribution in [0.25, 0.3) is 10.9 Å². The highest BCUT2D eigenvalue weighted by Gasteiger charge is 2.48. The number of benzene rings is 1. The molecule has 8 heteroatoms. The Balaban J connectivity index is 2.64. The molecular formula is C12H11F3N2O2S. The lowest BCUT2D eigenvalue weighted by Gasteiger charge is -2.18. The summed E-state index contributed by atoms with van der Waals surface area (Å²) >= 11 is 0. The summed E-state index contributed by atoms with van der Waals surface area (Å²) in [6.07, 6.45) is -4.97. The fourth-order valence-electron chi connectivity index (χ4n) is 1.97. The van der Waals surface area contributed by atoms with Gasteiger partial charge in [0, 0.05) is 11.1 Å². The van der Waals surface area contributed by atoms with Crippen LogP contribution < -0.4 is 5.14 Å². The largest absolute Gasteiger partial charge is 0.410 e. The second kappa shape index (κ2) is 4.71. The first-order valence-electron chi connectivity index (χ1n) is 5.54. The van der Waals surface area contributed by atoms with Gasteiger partial charge in [0.2, 0.25) is 10.0 Å². The van der Waals surface area contributed by atoms with E-state index in [4.69, 9.17) is 5.14 Å². The highest BCUT2D eigenvalue weighted by atomic mass is 32.2. The minimum absolute atomic E-state index is 0.418. The number of rotatable bonds is 2. The van der Waals surface area contributed by atoms with Gasteiger partial charge < -0.3 is 0 Å². The van der Waals surface area contributed by atoms with Crippen LogP contribution in [0.5, 0.6) is 0 Å². The van der Waals surface area contributed by atoms with Crippen molar-refractivity contribution in [2.45, 2.75) is 18.3 Å². The van der Waals surface area contributed by atoms with Crippen molar-refractivity contribution in [3.05, 3.63) is 41.6 Å². The summed E-state index contributed by atoms with van der Waals surface area (Å²) in [5.41, 5.74) is 0.784. The Hall–Kier alpha value is -1.67. The van der Waals surface area contributed by atoms with Crippen molar-refractivity contribution in [3.8, 4) is 0 Å². The maximum atomic E-state index is 12.9. The topological polar surface area (TPSA) is 73.1 Å². The number of primary sulfonamides is 1. The monoisotopic (exact) mass is 304 g/mol. The summed E-state index contributed by atoms with van der Waals surface area (Å²) < 4.78 is 61.1. The van der Waals surface area contributed by atoms with Crippen LogP contribution in [0.3, 0.4) is 0 Å². The van der Waals surface area contributed by atoms with Crippen LogP contribution in [0.1, 0.15) is 16.5 Å². The summed E-state index contributed by atoms with van der Waals surface area (Å²) in [4.78, 5) is 4.14. The molecule has 2 rings (SSSR count). The number of sulfonamides is 1. The molecule has 0 aliphatic rings. The Bertz CT molecular complexity index is 757. The predicted octanol–water partition coefficient (Wildman–Crippen LogP) is 2.44. The maximum Gasteiger partial charge on any atom is 0.410 e. The van der Waals surface area contributed by atoms with Gasteiger partial charge in [-0.2, -0.15) is 13.2 Å². The Morgan fingerprint density at radius 3 is 2.40 bits per heavy atom. The normalized spacial score (nSPS) is 14.4. The van der Waals surface area contributed by atoms with Gasteiger partial charge in [0.25, 0.3) is 0 Å². The summed E-state index contributed by atoms with van der Waals surface area (Å²) in [5.74, 6) is 0. The van der Waals surface area contributed by atoms with Crippen LogP contribution in [-0.4, -0.2) is 19.6 Å². The van der Waals surface area contributed by atoms with Crippen molar-refractivity contribution in [3.63, 3.8) is 0 Å². The quantitative estimate of drug-likeness (QED) is 0.926. The fraction of sp³-hybridized carbons (Fsp3) is 0.250. The van der Waals surface area contributed by atoms with Crippen LogP contribution in [-0.2, 0) is 10.0 Å². The molecule has 1 heterocycles. The molecule has 108 valence electrons. The molecule has 1 aromatic carbocycles. The summed E-state index contributed by atoms with van der Waals surface area (Å²) in [7, 11) is -4.80. The first kappa shape index (κ1) is 14.7. The van der Waals surface area contributed by atoms with Crippen molar-refractivity contribution in [1.29, 1.82) is 0 Å². The highest BCUT2D eigenvalue weighted by molar-refractivity contribution is 7.89. The molecule has 0 saturated heterocycles. The smallest absolute Gasteiger partial charge is 0.253 e. The molecule has 0 fully saturated rings. The molecule has 0 saturated carbocycles. The van der Waals surface area contributed by atoms with Crippen LogP contribution in [0.4, 0.5) is 13.2 Å². The van der Waals surface area contributed by atoms with Crippen LogP contribution in [0.2, 0.25) is 0 Å². The minimum atomic E-state index is -4.97. The first-order chi connectivity index (χ1) is 9.09.